The second-order valence-corrected chi connectivity index (χ2v) is 9.10. The van der Waals surface area contributed by atoms with Gasteiger partial charge in [0, 0.05) is 45.3 Å². The summed E-state index contributed by atoms with van der Waals surface area (Å²) in [5.41, 5.74) is 5.50. The van der Waals surface area contributed by atoms with Gasteiger partial charge in [-0.2, -0.15) is 0 Å². The van der Waals surface area contributed by atoms with Gasteiger partial charge in [0.1, 0.15) is 0 Å². The Morgan fingerprint density at radius 2 is 1.11 bits per heavy atom. The third-order valence-electron chi connectivity index (χ3n) is 6.83. The minimum atomic E-state index is 0. The highest BCUT2D eigenvalue weighted by Crippen LogP contribution is 2.30. The molecule has 4 nitrogen and oxygen atoms in total. The van der Waals surface area contributed by atoms with Crippen LogP contribution >= 0.6 is 12.4 Å². The zero-order valence-electron chi connectivity index (χ0n) is 18.4. The van der Waals surface area contributed by atoms with Gasteiger partial charge >= 0.3 is 0 Å². The molecule has 0 amide bonds. The van der Waals surface area contributed by atoms with E-state index in [-0.39, 0.29) is 12.4 Å². The molecule has 0 heterocycles. The van der Waals surface area contributed by atoms with Gasteiger partial charge in [-0.3, -0.25) is 0 Å². The van der Waals surface area contributed by atoms with E-state index in [2.05, 4.69) is 16.0 Å². The molecule has 0 bridgehead atoms. The van der Waals surface area contributed by atoms with Gasteiger partial charge in [0.2, 0.25) is 0 Å². The number of nitrogens with two attached hydrogens (primary N) is 1. The summed E-state index contributed by atoms with van der Waals surface area (Å²) in [5, 5.41) is 10.8. The number of hydrogen-bond acceptors (Lipinski definition) is 4. The van der Waals surface area contributed by atoms with Crippen molar-refractivity contribution >= 4 is 12.4 Å². The van der Waals surface area contributed by atoms with Crippen LogP contribution < -0.4 is 21.7 Å². The van der Waals surface area contributed by atoms with Gasteiger partial charge in [0.15, 0.2) is 0 Å². The number of rotatable bonds is 15. The molecular formula is C23H49ClN4. The van der Waals surface area contributed by atoms with Crippen molar-refractivity contribution in [2.75, 3.05) is 39.3 Å². The van der Waals surface area contributed by atoms with E-state index in [1.807, 2.05) is 0 Å². The van der Waals surface area contributed by atoms with Crippen molar-refractivity contribution in [3.8, 4) is 0 Å². The van der Waals surface area contributed by atoms with Crippen LogP contribution in [0.5, 0.6) is 0 Å². The largest absolute Gasteiger partial charge is 0.329 e. The molecule has 5 N–H and O–H groups in total. The first kappa shape index (κ1) is 26.2. The van der Waals surface area contributed by atoms with Gasteiger partial charge in [-0.1, -0.05) is 64.2 Å². The molecule has 0 aromatic carbocycles. The maximum absolute atomic E-state index is 5.50. The first-order valence-electron chi connectivity index (χ1n) is 12.2. The van der Waals surface area contributed by atoms with E-state index in [1.54, 1.807) is 0 Å². The molecule has 0 aliphatic heterocycles. The van der Waals surface area contributed by atoms with Crippen LogP contribution in [0.2, 0.25) is 0 Å². The van der Waals surface area contributed by atoms with Gasteiger partial charge in [-0.25, -0.2) is 0 Å². The van der Waals surface area contributed by atoms with Crippen molar-refractivity contribution in [3.63, 3.8) is 0 Å². The van der Waals surface area contributed by atoms with Crippen molar-refractivity contribution in [3.05, 3.63) is 0 Å². The Morgan fingerprint density at radius 1 is 0.643 bits per heavy atom. The summed E-state index contributed by atoms with van der Waals surface area (Å²) in [6.45, 7) is 5.89. The normalized spacial score (nSPS) is 19.1. The fourth-order valence-electron chi connectivity index (χ4n) is 5.07. The molecule has 2 saturated carbocycles. The van der Waals surface area contributed by atoms with E-state index in [0.29, 0.717) is 0 Å². The maximum Gasteiger partial charge on any atom is 0.00793 e. The Morgan fingerprint density at radius 3 is 1.61 bits per heavy atom. The summed E-state index contributed by atoms with van der Waals surface area (Å²) >= 11 is 0. The van der Waals surface area contributed by atoms with Crippen molar-refractivity contribution in [2.24, 2.45) is 17.6 Å². The van der Waals surface area contributed by atoms with Crippen LogP contribution in [-0.4, -0.2) is 45.3 Å². The fourth-order valence-corrected chi connectivity index (χ4v) is 5.07. The molecule has 0 spiro atoms. The molecule has 168 valence electrons. The molecule has 2 aliphatic carbocycles. The topological polar surface area (TPSA) is 62.1 Å². The molecule has 2 fully saturated rings. The molecule has 0 saturated heterocycles. The zero-order chi connectivity index (χ0) is 19.0. The predicted molar refractivity (Wildman–Crippen MR) is 125 cm³/mol. The predicted octanol–water partition coefficient (Wildman–Crippen LogP) is 4.23. The molecule has 5 heteroatoms. The lowest BCUT2D eigenvalue weighted by atomic mass is 9.82. The lowest BCUT2D eigenvalue weighted by Gasteiger charge is -2.27. The van der Waals surface area contributed by atoms with Crippen molar-refractivity contribution < 1.29 is 0 Å². The van der Waals surface area contributed by atoms with E-state index >= 15 is 0 Å². The van der Waals surface area contributed by atoms with Crippen LogP contribution in [0.3, 0.4) is 0 Å². The average Bonchev–Trinajstić information content (AvgIpc) is 2.73. The third-order valence-corrected chi connectivity index (χ3v) is 6.83. The molecular weight excluding hydrogens is 368 g/mol. The van der Waals surface area contributed by atoms with Crippen molar-refractivity contribution in [2.45, 2.75) is 95.9 Å². The van der Waals surface area contributed by atoms with Crippen LogP contribution in [0.25, 0.3) is 0 Å². The molecule has 0 unspecified atom stereocenters. The Labute approximate surface area is 181 Å². The average molecular weight is 417 g/mol. The molecule has 0 atom stereocenters. The highest BCUT2D eigenvalue weighted by atomic mass is 35.5. The molecule has 0 radical (unpaired) electrons. The van der Waals surface area contributed by atoms with Crippen LogP contribution in [0.15, 0.2) is 0 Å². The van der Waals surface area contributed by atoms with Gasteiger partial charge in [-0.15, -0.1) is 12.4 Å². The van der Waals surface area contributed by atoms with Crippen molar-refractivity contribution in [1.82, 2.24) is 16.0 Å². The molecule has 0 aromatic heterocycles. The summed E-state index contributed by atoms with van der Waals surface area (Å²) in [6, 6.07) is 0.742. The molecule has 28 heavy (non-hydrogen) atoms. The summed E-state index contributed by atoms with van der Waals surface area (Å²) in [5.74, 6) is 2.04. The first-order chi connectivity index (χ1) is 13.4. The number of halogens is 1. The van der Waals surface area contributed by atoms with E-state index in [9.17, 15) is 0 Å². The van der Waals surface area contributed by atoms with Crippen molar-refractivity contribution in [1.29, 1.82) is 0 Å². The quantitative estimate of drug-likeness (QED) is 0.302. The summed E-state index contributed by atoms with van der Waals surface area (Å²) < 4.78 is 0. The Hall–Kier alpha value is 0.130. The van der Waals surface area contributed by atoms with E-state index < -0.39 is 0 Å². The SMILES string of the molecule is Cl.NCCNCCNCCNC(CCC1CCCCC1)CCC1CCCCC1. The highest BCUT2D eigenvalue weighted by Gasteiger charge is 2.18. The van der Waals surface area contributed by atoms with Gasteiger partial charge in [0.25, 0.3) is 0 Å². The lowest BCUT2D eigenvalue weighted by Crippen LogP contribution is -2.38. The maximum atomic E-state index is 5.50. The van der Waals surface area contributed by atoms with Crippen LogP contribution in [-0.2, 0) is 0 Å². The molecule has 2 aliphatic rings. The minimum Gasteiger partial charge on any atom is -0.329 e. The van der Waals surface area contributed by atoms with Gasteiger partial charge < -0.3 is 21.7 Å². The standard InChI is InChI=1S/C23H48N4.ClH/c24-15-16-25-17-18-26-19-20-27-23(13-11-21-7-3-1-4-8-21)14-12-22-9-5-2-6-10-22;/h21-23,25-27H,1-20,24H2;1H. The van der Waals surface area contributed by atoms with E-state index in [1.165, 1.54) is 89.9 Å². The Balaban J connectivity index is 0.00000392. The second kappa shape index (κ2) is 17.9. The van der Waals surface area contributed by atoms with Crippen LogP contribution in [0.1, 0.15) is 89.9 Å². The molecule has 2 rings (SSSR count). The summed E-state index contributed by atoms with van der Waals surface area (Å²) in [7, 11) is 0. The van der Waals surface area contributed by atoms with Crippen LogP contribution in [0, 0.1) is 11.8 Å². The zero-order valence-corrected chi connectivity index (χ0v) is 19.2. The van der Waals surface area contributed by atoms with E-state index in [0.717, 1.165) is 57.1 Å². The molecule has 0 aromatic rings. The Bertz CT molecular complexity index is 309. The van der Waals surface area contributed by atoms with E-state index in [4.69, 9.17) is 5.73 Å². The second-order valence-electron chi connectivity index (χ2n) is 9.10. The van der Waals surface area contributed by atoms with Gasteiger partial charge in [0.05, 0.1) is 0 Å². The first-order valence-corrected chi connectivity index (χ1v) is 12.2. The fraction of sp³-hybridized carbons (Fsp3) is 1.00. The number of nitrogens with one attached hydrogen (secondary N) is 3. The lowest BCUT2D eigenvalue weighted by molar-refractivity contribution is 0.283. The smallest absolute Gasteiger partial charge is 0.00793 e. The third kappa shape index (κ3) is 12.6. The summed E-state index contributed by atoms with van der Waals surface area (Å²) in [6.07, 6.45) is 20.6. The van der Waals surface area contributed by atoms with Gasteiger partial charge in [-0.05, 0) is 37.5 Å². The Kier molecular flexibility index (Phi) is 16.8. The van der Waals surface area contributed by atoms with Crippen LogP contribution in [0.4, 0.5) is 0 Å². The highest BCUT2D eigenvalue weighted by molar-refractivity contribution is 5.85. The number of hydrogen-bond donors (Lipinski definition) is 4. The monoisotopic (exact) mass is 416 g/mol. The minimum absolute atomic E-state index is 0. The summed E-state index contributed by atoms with van der Waals surface area (Å²) in [4.78, 5) is 0.